The SMILES string of the molecule is CCC(Sc1cccc(NC(=O)/C(=C\c2ccc(Br)cc2)NC(=O)c2ccccc2)c1)C(=O)Nc1sc2c(c1C(=O)OC)CCCCC2. The van der Waals surface area contributed by atoms with Crippen molar-refractivity contribution in [2.75, 3.05) is 17.7 Å². The van der Waals surface area contributed by atoms with E-state index in [1.165, 1.54) is 30.2 Å². The van der Waals surface area contributed by atoms with Crippen LogP contribution in [0.3, 0.4) is 0 Å². The first-order valence-corrected chi connectivity index (χ1v) is 18.2. The number of benzene rings is 3. The Hall–Kier alpha value is -4.19. The van der Waals surface area contributed by atoms with Crippen molar-refractivity contribution in [3.8, 4) is 0 Å². The van der Waals surface area contributed by atoms with Gasteiger partial charge >= 0.3 is 5.97 Å². The van der Waals surface area contributed by atoms with E-state index in [4.69, 9.17) is 4.74 Å². The van der Waals surface area contributed by atoms with Gasteiger partial charge in [-0.2, -0.15) is 0 Å². The van der Waals surface area contributed by atoms with Crippen LogP contribution in [-0.2, 0) is 27.2 Å². The van der Waals surface area contributed by atoms with Crippen LogP contribution >= 0.6 is 39.0 Å². The highest BCUT2D eigenvalue weighted by atomic mass is 79.9. The third kappa shape index (κ3) is 9.03. The molecule has 3 aromatic carbocycles. The van der Waals surface area contributed by atoms with Gasteiger partial charge < -0.3 is 20.7 Å². The minimum atomic E-state index is -0.498. The molecule has 3 amide bonds. The Labute approximate surface area is 296 Å². The van der Waals surface area contributed by atoms with E-state index in [2.05, 4.69) is 31.9 Å². The minimum absolute atomic E-state index is 0.0748. The van der Waals surface area contributed by atoms with Gasteiger partial charge in [-0.05, 0) is 91.8 Å². The normalized spacial score (nSPS) is 13.4. The monoisotopic (exact) mass is 745 g/mol. The van der Waals surface area contributed by atoms with Crippen LogP contribution in [-0.4, -0.2) is 36.1 Å². The number of hydrogen-bond acceptors (Lipinski definition) is 7. The fraction of sp³-hybridized carbons (Fsp3) is 0.243. The number of rotatable bonds is 11. The third-order valence-corrected chi connectivity index (χ3v) is 10.9. The summed E-state index contributed by atoms with van der Waals surface area (Å²) in [6.45, 7) is 1.93. The molecule has 0 radical (unpaired) electrons. The molecule has 0 aliphatic heterocycles. The highest BCUT2D eigenvalue weighted by molar-refractivity contribution is 9.10. The van der Waals surface area contributed by atoms with Crippen LogP contribution in [0.5, 0.6) is 0 Å². The van der Waals surface area contributed by atoms with Crippen molar-refractivity contribution in [1.29, 1.82) is 0 Å². The lowest BCUT2D eigenvalue weighted by Gasteiger charge is -2.16. The van der Waals surface area contributed by atoms with Gasteiger partial charge in [-0.3, -0.25) is 14.4 Å². The van der Waals surface area contributed by atoms with E-state index < -0.39 is 23.0 Å². The van der Waals surface area contributed by atoms with E-state index in [1.807, 2.05) is 43.3 Å². The summed E-state index contributed by atoms with van der Waals surface area (Å²) in [5, 5.41) is 8.77. The summed E-state index contributed by atoms with van der Waals surface area (Å²) >= 11 is 6.26. The van der Waals surface area contributed by atoms with Crippen LogP contribution in [0.2, 0.25) is 0 Å². The van der Waals surface area contributed by atoms with Crippen molar-refractivity contribution in [1.82, 2.24) is 5.32 Å². The number of methoxy groups -OCH3 is 1. The average molecular weight is 747 g/mol. The third-order valence-electron chi connectivity index (χ3n) is 7.79. The first-order chi connectivity index (χ1) is 23.2. The lowest BCUT2D eigenvalue weighted by Crippen LogP contribution is -2.30. The largest absolute Gasteiger partial charge is 0.465 e. The van der Waals surface area contributed by atoms with Crippen molar-refractivity contribution in [2.24, 2.45) is 0 Å². The molecule has 0 spiro atoms. The molecule has 1 unspecified atom stereocenters. The fourth-order valence-corrected chi connectivity index (χ4v) is 7.90. The highest BCUT2D eigenvalue weighted by Crippen LogP contribution is 2.39. The number of anilines is 2. The quantitative estimate of drug-likeness (QED) is 0.0615. The second-order valence-electron chi connectivity index (χ2n) is 11.2. The average Bonchev–Trinajstić information content (AvgIpc) is 3.27. The number of amides is 3. The lowest BCUT2D eigenvalue weighted by molar-refractivity contribution is -0.116. The predicted octanol–water partition coefficient (Wildman–Crippen LogP) is 8.49. The molecule has 0 fully saturated rings. The van der Waals surface area contributed by atoms with E-state index in [9.17, 15) is 19.2 Å². The molecule has 0 bridgehead atoms. The number of ether oxygens (including phenoxy) is 1. The van der Waals surface area contributed by atoms with Crippen LogP contribution in [0, 0.1) is 0 Å². The summed E-state index contributed by atoms with van der Waals surface area (Å²) in [7, 11) is 1.36. The molecule has 1 aromatic heterocycles. The topological polar surface area (TPSA) is 114 Å². The van der Waals surface area contributed by atoms with Gasteiger partial charge in [0.25, 0.3) is 11.8 Å². The molecule has 8 nitrogen and oxygen atoms in total. The lowest BCUT2D eigenvalue weighted by atomic mass is 10.1. The molecular weight excluding hydrogens is 710 g/mol. The Bertz CT molecular complexity index is 1820. The maximum Gasteiger partial charge on any atom is 0.341 e. The van der Waals surface area contributed by atoms with Crippen molar-refractivity contribution >= 4 is 79.5 Å². The maximum atomic E-state index is 13.6. The van der Waals surface area contributed by atoms with E-state index in [0.29, 0.717) is 28.2 Å². The zero-order valence-electron chi connectivity index (χ0n) is 26.6. The van der Waals surface area contributed by atoms with Crippen LogP contribution in [0.25, 0.3) is 6.08 Å². The zero-order valence-corrected chi connectivity index (χ0v) is 29.9. The van der Waals surface area contributed by atoms with Gasteiger partial charge in [-0.15, -0.1) is 23.1 Å². The molecule has 48 heavy (non-hydrogen) atoms. The fourth-order valence-electron chi connectivity index (χ4n) is 5.34. The number of thioether (sulfide) groups is 1. The molecule has 248 valence electrons. The second-order valence-corrected chi connectivity index (χ2v) is 14.5. The first-order valence-electron chi connectivity index (χ1n) is 15.7. The number of fused-ring (bicyclic) bond motifs is 1. The number of halogens is 1. The number of thiophene rings is 1. The molecule has 0 saturated carbocycles. The molecule has 11 heteroatoms. The smallest absolute Gasteiger partial charge is 0.341 e. The summed E-state index contributed by atoms with van der Waals surface area (Å²) < 4.78 is 5.99. The van der Waals surface area contributed by atoms with Crippen LogP contribution < -0.4 is 16.0 Å². The Balaban J connectivity index is 1.31. The maximum absolute atomic E-state index is 13.6. The van der Waals surface area contributed by atoms with Gasteiger partial charge in [0.2, 0.25) is 5.91 Å². The molecule has 0 saturated heterocycles. The Morgan fingerprint density at radius 1 is 0.938 bits per heavy atom. The molecule has 1 atom stereocenters. The van der Waals surface area contributed by atoms with Crippen LogP contribution in [0.4, 0.5) is 10.7 Å². The number of esters is 1. The van der Waals surface area contributed by atoms with E-state index in [-0.39, 0.29) is 11.6 Å². The van der Waals surface area contributed by atoms with E-state index >= 15 is 0 Å². The molecule has 4 aromatic rings. The van der Waals surface area contributed by atoms with E-state index in [0.717, 1.165) is 57.5 Å². The van der Waals surface area contributed by atoms with Crippen LogP contribution in [0.15, 0.2) is 93.9 Å². The molecular formula is C37H36BrN3O5S2. The van der Waals surface area contributed by atoms with E-state index in [1.54, 1.807) is 48.5 Å². The van der Waals surface area contributed by atoms with Gasteiger partial charge in [0, 0.05) is 25.5 Å². The molecule has 1 heterocycles. The predicted molar refractivity (Wildman–Crippen MR) is 197 cm³/mol. The Morgan fingerprint density at radius 3 is 2.42 bits per heavy atom. The summed E-state index contributed by atoms with van der Waals surface area (Å²) in [5.41, 5.74) is 3.21. The number of nitrogens with one attached hydrogen (secondary N) is 3. The van der Waals surface area contributed by atoms with Crippen molar-refractivity contribution in [2.45, 2.75) is 55.6 Å². The van der Waals surface area contributed by atoms with Gasteiger partial charge in [0.15, 0.2) is 0 Å². The molecule has 1 aliphatic rings. The molecule has 5 rings (SSSR count). The minimum Gasteiger partial charge on any atom is -0.465 e. The first kappa shape index (κ1) is 35.1. The Morgan fingerprint density at radius 2 is 1.69 bits per heavy atom. The summed E-state index contributed by atoms with van der Waals surface area (Å²) in [5.74, 6) is -1.54. The second kappa shape index (κ2) is 16.8. The summed E-state index contributed by atoms with van der Waals surface area (Å²) in [4.78, 5) is 54.8. The number of hydrogen-bond donors (Lipinski definition) is 3. The van der Waals surface area contributed by atoms with Gasteiger partial charge in [0.1, 0.15) is 10.7 Å². The number of carbonyl (C=O) groups is 4. The van der Waals surface area contributed by atoms with Gasteiger partial charge in [-0.1, -0.05) is 65.7 Å². The van der Waals surface area contributed by atoms with Crippen molar-refractivity contribution < 1.29 is 23.9 Å². The molecule has 3 N–H and O–H groups in total. The standard InChI is InChI=1S/C37H36BrN3O5S2/c1-3-30(35(44)41-36-32(37(45)46-2)28-15-8-5-9-16-31(28)48-36)47-27-14-10-13-26(22-27)39-34(43)29(21-23-17-19-25(38)20-18-23)40-33(42)24-11-6-4-7-12-24/h4,6-7,10-14,17-22,30H,3,5,8-9,15-16H2,1-2H3,(H,39,43)(H,40,42)(H,41,44)/b29-21+. The van der Waals surface area contributed by atoms with Gasteiger partial charge in [-0.25, -0.2) is 4.79 Å². The summed E-state index contributed by atoms with van der Waals surface area (Å²) in [6, 6.07) is 23.3. The van der Waals surface area contributed by atoms with Crippen molar-refractivity contribution in [3.05, 3.63) is 116 Å². The number of aryl methyl sites for hydroxylation is 1. The zero-order chi connectivity index (χ0) is 34.0. The van der Waals surface area contributed by atoms with Gasteiger partial charge in [0.05, 0.1) is 17.9 Å². The number of carbonyl (C=O) groups excluding carboxylic acids is 4. The summed E-state index contributed by atoms with van der Waals surface area (Å²) in [6.07, 6.45) is 7.02. The Kier molecular flexibility index (Phi) is 12.3. The molecule has 1 aliphatic carbocycles. The highest BCUT2D eigenvalue weighted by Gasteiger charge is 2.28. The van der Waals surface area contributed by atoms with Crippen LogP contribution in [0.1, 0.15) is 69.3 Å². The van der Waals surface area contributed by atoms with Crippen molar-refractivity contribution in [3.63, 3.8) is 0 Å².